The number of halogens is 1. The molecule has 4 heteroatoms. The van der Waals surface area contributed by atoms with Gasteiger partial charge in [0.25, 0.3) is 0 Å². The Balaban J connectivity index is 2.00. The van der Waals surface area contributed by atoms with Gasteiger partial charge in [-0.3, -0.25) is 0 Å². The van der Waals surface area contributed by atoms with E-state index >= 15 is 0 Å². The molecule has 0 amide bonds. The van der Waals surface area contributed by atoms with Crippen molar-refractivity contribution in [3.8, 4) is 5.75 Å². The zero-order valence-corrected chi connectivity index (χ0v) is 11.5. The smallest absolute Gasteiger partial charge is 0.119 e. The van der Waals surface area contributed by atoms with Gasteiger partial charge in [0.05, 0.1) is 37.4 Å². The first-order valence-corrected chi connectivity index (χ1v) is 6.79. The molecular weight excluding hydrogens is 284 g/mol. The van der Waals surface area contributed by atoms with Crippen molar-refractivity contribution in [1.29, 1.82) is 0 Å². The summed E-state index contributed by atoms with van der Waals surface area (Å²) in [6.45, 7) is 4.68. The van der Waals surface area contributed by atoms with Gasteiger partial charge in [-0.15, -0.1) is 0 Å². The Morgan fingerprint density at radius 3 is 2.71 bits per heavy atom. The van der Waals surface area contributed by atoms with Crippen LogP contribution in [0.3, 0.4) is 0 Å². The van der Waals surface area contributed by atoms with Gasteiger partial charge in [0.15, 0.2) is 0 Å². The maximum Gasteiger partial charge on any atom is 0.119 e. The average molecular weight is 301 g/mol. The molecule has 0 spiro atoms. The summed E-state index contributed by atoms with van der Waals surface area (Å²) in [4.78, 5) is 0.165. The molecule has 0 aliphatic carbocycles. The highest BCUT2D eigenvalue weighted by Gasteiger charge is 2.24. The molecule has 94 valence electrons. The second-order valence-electron chi connectivity index (χ2n) is 3.89. The van der Waals surface area contributed by atoms with E-state index in [1.807, 2.05) is 19.1 Å². The highest BCUT2D eigenvalue weighted by atomic mass is 79.9. The molecule has 1 heterocycles. The first kappa shape index (κ1) is 12.9. The Morgan fingerprint density at radius 1 is 1.35 bits per heavy atom. The summed E-state index contributed by atoms with van der Waals surface area (Å²) in [5.74, 6) is 0.900. The maximum atomic E-state index is 5.67. The van der Waals surface area contributed by atoms with Crippen molar-refractivity contribution in [1.82, 2.24) is 0 Å². The number of hydrogen-bond donors (Lipinski definition) is 0. The molecule has 1 aliphatic heterocycles. The van der Waals surface area contributed by atoms with Crippen LogP contribution in [0.1, 0.15) is 17.3 Å². The Bertz CT molecular complexity index is 333. The fourth-order valence-electron chi connectivity index (χ4n) is 1.80. The van der Waals surface area contributed by atoms with E-state index in [0.29, 0.717) is 26.4 Å². The molecule has 0 bridgehead atoms. The van der Waals surface area contributed by atoms with Gasteiger partial charge in [-0.1, -0.05) is 28.1 Å². The summed E-state index contributed by atoms with van der Waals surface area (Å²) in [6, 6.07) is 8.08. The Labute approximate surface area is 110 Å². The predicted molar refractivity (Wildman–Crippen MR) is 69.8 cm³/mol. The van der Waals surface area contributed by atoms with Crippen molar-refractivity contribution < 1.29 is 14.2 Å². The lowest BCUT2D eigenvalue weighted by atomic mass is 10.1. The lowest BCUT2D eigenvalue weighted by Crippen LogP contribution is -2.31. The molecule has 3 nitrogen and oxygen atoms in total. The standard InChI is InChI=1S/C13H17BrO3/c1-2-16-11-5-3-10(4-6-11)13(14)12-9-15-7-8-17-12/h3-6,12-13H,2,7-9H2,1H3. The van der Waals surface area contributed by atoms with Crippen molar-refractivity contribution in [2.75, 3.05) is 26.4 Å². The molecule has 17 heavy (non-hydrogen) atoms. The van der Waals surface area contributed by atoms with Gasteiger partial charge in [-0.05, 0) is 24.6 Å². The van der Waals surface area contributed by atoms with Crippen molar-refractivity contribution in [2.45, 2.75) is 17.9 Å². The minimum atomic E-state index is 0.0849. The molecule has 1 aliphatic rings. The molecule has 0 saturated carbocycles. The summed E-state index contributed by atoms with van der Waals surface area (Å²) in [7, 11) is 0. The van der Waals surface area contributed by atoms with Crippen LogP contribution in [0, 0.1) is 0 Å². The first-order chi connectivity index (χ1) is 8.31. The van der Waals surface area contributed by atoms with E-state index in [1.165, 1.54) is 5.56 Å². The van der Waals surface area contributed by atoms with Gasteiger partial charge in [0, 0.05) is 0 Å². The van der Waals surface area contributed by atoms with Crippen molar-refractivity contribution >= 4 is 15.9 Å². The van der Waals surface area contributed by atoms with E-state index in [0.717, 1.165) is 5.75 Å². The second-order valence-corrected chi connectivity index (χ2v) is 4.87. The van der Waals surface area contributed by atoms with Crippen LogP contribution in [0.5, 0.6) is 5.75 Å². The topological polar surface area (TPSA) is 27.7 Å². The number of alkyl halides is 1. The van der Waals surface area contributed by atoms with E-state index in [9.17, 15) is 0 Å². The fraction of sp³-hybridized carbons (Fsp3) is 0.538. The molecule has 2 rings (SSSR count). The highest BCUT2D eigenvalue weighted by Crippen LogP contribution is 2.30. The first-order valence-electron chi connectivity index (χ1n) is 5.87. The third kappa shape index (κ3) is 3.44. The number of hydrogen-bond acceptors (Lipinski definition) is 3. The molecule has 2 atom stereocenters. The monoisotopic (exact) mass is 300 g/mol. The average Bonchev–Trinajstić information content (AvgIpc) is 2.40. The largest absolute Gasteiger partial charge is 0.494 e. The molecule has 0 aromatic heterocycles. The van der Waals surface area contributed by atoms with E-state index in [-0.39, 0.29) is 10.9 Å². The summed E-state index contributed by atoms with van der Waals surface area (Å²) in [5, 5.41) is 0. The van der Waals surface area contributed by atoms with Gasteiger partial charge in [-0.2, -0.15) is 0 Å². The molecule has 2 unspecified atom stereocenters. The lowest BCUT2D eigenvalue weighted by molar-refractivity contribution is -0.0876. The van der Waals surface area contributed by atoms with E-state index in [2.05, 4.69) is 28.1 Å². The summed E-state index contributed by atoms with van der Waals surface area (Å²) in [6.07, 6.45) is 0.0849. The van der Waals surface area contributed by atoms with Gasteiger partial charge in [0.2, 0.25) is 0 Å². The SMILES string of the molecule is CCOc1ccc(C(Br)C2COCCO2)cc1. The van der Waals surface area contributed by atoms with Gasteiger partial charge in [-0.25, -0.2) is 0 Å². The fourth-order valence-corrected chi connectivity index (χ4v) is 2.41. The highest BCUT2D eigenvalue weighted by molar-refractivity contribution is 9.09. The van der Waals surface area contributed by atoms with Crippen LogP contribution in [0.25, 0.3) is 0 Å². The van der Waals surface area contributed by atoms with Gasteiger partial charge < -0.3 is 14.2 Å². The number of ether oxygens (including phenoxy) is 3. The third-order valence-corrected chi connectivity index (χ3v) is 3.80. The van der Waals surface area contributed by atoms with Crippen LogP contribution in [0.4, 0.5) is 0 Å². The molecule has 0 radical (unpaired) electrons. The lowest BCUT2D eigenvalue weighted by Gasteiger charge is -2.27. The van der Waals surface area contributed by atoms with Crippen LogP contribution in [0.15, 0.2) is 24.3 Å². The molecular formula is C13H17BrO3. The van der Waals surface area contributed by atoms with Crippen LogP contribution in [0.2, 0.25) is 0 Å². The normalized spacial score (nSPS) is 22.1. The zero-order chi connectivity index (χ0) is 12.1. The number of benzene rings is 1. The van der Waals surface area contributed by atoms with Gasteiger partial charge >= 0.3 is 0 Å². The van der Waals surface area contributed by atoms with Crippen molar-refractivity contribution in [3.63, 3.8) is 0 Å². The van der Waals surface area contributed by atoms with Crippen molar-refractivity contribution in [2.24, 2.45) is 0 Å². The Kier molecular flexibility index (Phi) is 4.83. The Hall–Kier alpha value is -0.580. The second kappa shape index (κ2) is 6.38. The quantitative estimate of drug-likeness (QED) is 0.800. The third-order valence-electron chi connectivity index (χ3n) is 2.68. The van der Waals surface area contributed by atoms with E-state index in [4.69, 9.17) is 14.2 Å². The molecule has 1 fully saturated rings. The summed E-state index contributed by atoms with van der Waals surface area (Å²) >= 11 is 3.67. The maximum absolute atomic E-state index is 5.67. The van der Waals surface area contributed by atoms with Crippen LogP contribution < -0.4 is 4.74 Å². The molecule has 1 aromatic carbocycles. The number of rotatable bonds is 4. The van der Waals surface area contributed by atoms with Gasteiger partial charge in [0.1, 0.15) is 5.75 Å². The Morgan fingerprint density at radius 2 is 2.12 bits per heavy atom. The molecule has 0 N–H and O–H groups in total. The minimum Gasteiger partial charge on any atom is -0.494 e. The van der Waals surface area contributed by atoms with Crippen LogP contribution in [-0.2, 0) is 9.47 Å². The van der Waals surface area contributed by atoms with Crippen LogP contribution in [-0.4, -0.2) is 32.5 Å². The van der Waals surface area contributed by atoms with Crippen LogP contribution >= 0.6 is 15.9 Å². The van der Waals surface area contributed by atoms with E-state index < -0.39 is 0 Å². The van der Waals surface area contributed by atoms with E-state index in [1.54, 1.807) is 0 Å². The molecule has 1 aromatic rings. The molecule has 1 saturated heterocycles. The summed E-state index contributed by atoms with van der Waals surface area (Å²) in [5.41, 5.74) is 1.18. The zero-order valence-electron chi connectivity index (χ0n) is 9.90. The minimum absolute atomic E-state index is 0.0849. The van der Waals surface area contributed by atoms with Crippen molar-refractivity contribution in [3.05, 3.63) is 29.8 Å². The predicted octanol–water partition coefficient (Wildman–Crippen LogP) is 2.94. The summed E-state index contributed by atoms with van der Waals surface area (Å²) < 4.78 is 16.5.